The van der Waals surface area contributed by atoms with Crippen LogP contribution in [-0.2, 0) is 16.1 Å². The number of quaternary nitrogens is 1. The second-order valence-electron chi connectivity index (χ2n) is 4.71. The van der Waals surface area contributed by atoms with Gasteiger partial charge in [0.05, 0.1) is 0 Å². The Labute approximate surface area is 119 Å². The zero-order chi connectivity index (χ0) is 15.0. The lowest BCUT2D eigenvalue weighted by molar-refractivity contribution is -0.633. The summed E-state index contributed by atoms with van der Waals surface area (Å²) in [4.78, 5) is 24.6. The predicted octanol–water partition coefficient (Wildman–Crippen LogP) is -1.32. The fraction of sp³-hybridized carbons (Fsp3) is 0.429. The summed E-state index contributed by atoms with van der Waals surface area (Å²) >= 11 is 0. The highest BCUT2D eigenvalue weighted by molar-refractivity contribution is 5.78. The molecule has 0 aliphatic rings. The van der Waals surface area contributed by atoms with Crippen molar-refractivity contribution in [2.24, 2.45) is 0 Å². The van der Waals surface area contributed by atoms with Crippen molar-refractivity contribution in [3.63, 3.8) is 0 Å². The standard InChI is InChI=1S/C14H22N4O2/c1-15-13(19)9-16-10-14(20)17-8-11-4-6-12(7-5-11)18(2)3/h4-7,16H,8-10H2,1-3H3,(H,15,19)(H,17,20)/p+1. The minimum atomic E-state index is -0.0860. The Morgan fingerprint density at radius 1 is 1.10 bits per heavy atom. The minimum Gasteiger partial charge on any atom is -0.378 e. The summed E-state index contributed by atoms with van der Waals surface area (Å²) in [5.41, 5.74) is 2.18. The number of anilines is 1. The Morgan fingerprint density at radius 2 is 1.70 bits per heavy atom. The van der Waals surface area contributed by atoms with Crippen molar-refractivity contribution in [3.8, 4) is 0 Å². The van der Waals surface area contributed by atoms with Crippen molar-refractivity contribution in [2.45, 2.75) is 6.54 Å². The van der Waals surface area contributed by atoms with Crippen molar-refractivity contribution in [2.75, 3.05) is 39.1 Å². The molecule has 1 rings (SSSR count). The van der Waals surface area contributed by atoms with Gasteiger partial charge in [-0.2, -0.15) is 0 Å². The van der Waals surface area contributed by atoms with E-state index in [1.165, 1.54) is 0 Å². The number of carbonyl (C=O) groups is 2. The molecule has 1 aromatic rings. The lowest BCUT2D eigenvalue weighted by Crippen LogP contribution is -2.88. The minimum absolute atomic E-state index is 0.0782. The van der Waals surface area contributed by atoms with Crippen molar-refractivity contribution < 1.29 is 14.9 Å². The molecule has 0 aliphatic carbocycles. The molecule has 0 saturated carbocycles. The number of carbonyl (C=O) groups excluding carboxylic acids is 2. The van der Waals surface area contributed by atoms with Crippen LogP contribution in [-0.4, -0.2) is 46.0 Å². The Morgan fingerprint density at radius 3 is 2.25 bits per heavy atom. The van der Waals surface area contributed by atoms with E-state index < -0.39 is 0 Å². The average molecular weight is 279 g/mol. The number of nitrogens with two attached hydrogens (primary N) is 1. The first-order valence-electron chi connectivity index (χ1n) is 6.58. The molecule has 2 amide bonds. The summed E-state index contributed by atoms with van der Waals surface area (Å²) in [6.07, 6.45) is 0. The highest BCUT2D eigenvalue weighted by atomic mass is 16.2. The molecule has 6 nitrogen and oxygen atoms in total. The summed E-state index contributed by atoms with van der Waals surface area (Å²) in [7, 11) is 5.55. The molecule has 110 valence electrons. The molecule has 0 spiro atoms. The number of amides is 2. The number of nitrogens with one attached hydrogen (secondary N) is 2. The Balaban J connectivity index is 2.28. The number of rotatable bonds is 7. The zero-order valence-electron chi connectivity index (χ0n) is 12.3. The molecule has 6 heteroatoms. The maximum absolute atomic E-state index is 11.6. The molecular weight excluding hydrogens is 256 g/mol. The zero-order valence-corrected chi connectivity index (χ0v) is 12.3. The van der Waals surface area contributed by atoms with Crippen LogP contribution < -0.4 is 20.9 Å². The molecule has 4 N–H and O–H groups in total. The second-order valence-corrected chi connectivity index (χ2v) is 4.71. The van der Waals surface area contributed by atoms with Gasteiger partial charge in [0, 0.05) is 33.4 Å². The van der Waals surface area contributed by atoms with Crippen LogP contribution in [0.4, 0.5) is 5.69 Å². The van der Waals surface area contributed by atoms with Gasteiger partial charge in [-0.3, -0.25) is 9.59 Å². The quantitative estimate of drug-likeness (QED) is 0.579. The van der Waals surface area contributed by atoms with Gasteiger partial charge in [-0.05, 0) is 17.7 Å². The summed E-state index contributed by atoms with van der Waals surface area (Å²) in [6.45, 7) is 1.02. The lowest BCUT2D eigenvalue weighted by Gasteiger charge is -2.12. The van der Waals surface area contributed by atoms with Gasteiger partial charge >= 0.3 is 0 Å². The number of benzene rings is 1. The van der Waals surface area contributed by atoms with Crippen LogP contribution >= 0.6 is 0 Å². The molecular formula is C14H23N4O2+. The van der Waals surface area contributed by atoms with E-state index in [9.17, 15) is 9.59 Å². The first-order chi connectivity index (χ1) is 9.52. The van der Waals surface area contributed by atoms with Gasteiger partial charge in [-0.15, -0.1) is 0 Å². The Bertz CT molecular complexity index is 443. The van der Waals surface area contributed by atoms with E-state index >= 15 is 0 Å². The number of hydrogen-bond donors (Lipinski definition) is 3. The van der Waals surface area contributed by atoms with Gasteiger partial charge < -0.3 is 20.9 Å². The van der Waals surface area contributed by atoms with Crippen LogP contribution in [0.3, 0.4) is 0 Å². The maximum atomic E-state index is 11.6. The first kappa shape index (κ1) is 16.0. The molecule has 0 heterocycles. The topological polar surface area (TPSA) is 78.0 Å². The molecule has 0 saturated heterocycles. The third-order valence-electron chi connectivity index (χ3n) is 2.88. The highest BCUT2D eigenvalue weighted by Crippen LogP contribution is 2.11. The fourth-order valence-corrected chi connectivity index (χ4v) is 1.62. The summed E-state index contributed by atoms with van der Waals surface area (Å²) < 4.78 is 0. The smallest absolute Gasteiger partial charge is 0.275 e. The van der Waals surface area contributed by atoms with Crippen molar-refractivity contribution in [1.29, 1.82) is 0 Å². The first-order valence-corrected chi connectivity index (χ1v) is 6.58. The van der Waals surface area contributed by atoms with Crippen molar-refractivity contribution in [1.82, 2.24) is 10.6 Å². The van der Waals surface area contributed by atoms with E-state index in [-0.39, 0.29) is 24.9 Å². The molecule has 0 unspecified atom stereocenters. The average Bonchev–Trinajstić information content (AvgIpc) is 2.45. The van der Waals surface area contributed by atoms with E-state index in [1.54, 1.807) is 12.4 Å². The number of likely N-dealkylation sites (N-methyl/N-ethyl adjacent to an activating group) is 1. The SMILES string of the molecule is CNC(=O)C[NH2+]CC(=O)NCc1ccc(N(C)C)cc1. The molecule has 0 bridgehead atoms. The van der Waals surface area contributed by atoms with Gasteiger partial charge in [0.2, 0.25) is 0 Å². The van der Waals surface area contributed by atoms with Crippen LogP contribution in [0.1, 0.15) is 5.56 Å². The van der Waals surface area contributed by atoms with E-state index in [2.05, 4.69) is 10.6 Å². The van der Waals surface area contributed by atoms with E-state index in [0.29, 0.717) is 6.54 Å². The van der Waals surface area contributed by atoms with Gasteiger partial charge in [0.15, 0.2) is 13.1 Å². The van der Waals surface area contributed by atoms with Gasteiger partial charge in [0.1, 0.15) is 0 Å². The summed E-state index contributed by atoms with van der Waals surface area (Å²) in [5, 5.41) is 7.00. The van der Waals surface area contributed by atoms with E-state index in [4.69, 9.17) is 0 Å². The summed E-state index contributed by atoms with van der Waals surface area (Å²) in [6, 6.07) is 8.01. The van der Waals surface area contributed by atoms with Gasteiger partial charge in [-0.1, -0.05) is 12.1 Å². The van der Waals surface area contributed by atoms with Crippen molar-refractivity contribution in [3.05, 3.63) is 29.8 Å². The molecule has 0 aliphatic heterocycles. The van der Waals surface area contributed by atoms with Crippen LogP contribution in [0, 0.1) is 0 Å². The third kappa shape index (κ3) is 5.71. The van der Waals surface area contributed by atoms with Gasteiger partial charge in [0.25, 0.3) is 11.8 Å². The number of nitrogens with zero attached hydrogens (tertiary/aromatic N) is 1. The predicted molar refractivity (Wildman–Crippen MR) is 78.3 cm³/mol. The molecule has 0 fully saturated rings. The van der Waals surface area contributed by atoms with Crippen LogP contribution in [0.2, 0.25) is 0 Å². The van der Waals surface area contributed by atoms with Crippen LogP contribution in [0.5, 0.6) is 0 Å². The van der Waals surface area contributed by atoms with Gasteiger partial charge in [-0.25, -0.2) is 0 Å². The highest BCUT2D eigenvalue weighted by Gasteiger charge is 2.06. The fourth-order valence-electron chi connectivity index (χ4n) is 1.62. The van der Waals surface area contributed by atoms with E-state index in [0.717, 1.165) is 11.3 Å². The molecule has 0 radical (unpaired) electrons. The monoisotopic (exact) mass is 279 g/mol. The van der Waals surface area contributed by atoms with Crippen molar-refractivity contribution >= 4 is 17.5 Å². The third-order valence-corrected chi connectivity index (χ3v) is 2.88. The second kappa shape index (κ2) is 8.16. The normalized spacial score (nSPS) is 9.95. The Kier molecular flexibility index (Phi) is 6.52. The van der Waals surface area contributed by atoms with E-state index in [1.807, 2.05) is 43.3 Å². The van der Waals surface area contributed by atoms with Crippen LogP contribution in [0.15, 0.2) is 24.3 Å². The van der Waals surface area contributed by atoms with Crippen LogP contribution in [0.25, 0.3) is 0 Å². The number of hydrogen-bond acceptors (Lipinski definition) is 3. The molecule has 0 aromatic heterocycles. The molecule has 20 heavy (non-hydrogen) atoms. The Hall–Kier alpha value is -2.08. The maximum Gasteiger partial charge on any atom is 0.275 e. The largest absolute Gasteiger partial charge is 0.378 e. The lowest BCUT2D eigenvalue weighted by atomic mass is 10.2. The molecule has 0 atom stereocenters. The molecule has 1 aromatic carbocycles. The summed E-state index contributed by atoms with van der Waals surface area (Å²) in [5.74, 6) is -0.164.